The predicted molar refractivity (Wildman–Crippen MR) is 124 cm³/mol. The van der Waals surface area contributed by atoms with E-state index in [4.69, 9.17) is 9.68 Å². The molecule has 6 rings (SSSR count). The van der Waals surface area contributed by atoms with Crippen molar-refractivity contribution in [2.24, 2.45) is 0 Å². The quantitative estimate of drug-likeness (QED) is 0.386. The molecule has 3 nitrogen and oxygen atoms in total. The smallest absolute Gasteiger partial charge is 0.504 e. The molecule has 4 aromatic carbocycles. The zero-order valence-electron chi connectivity index (χ0n) is 15.5. The fourth-order valence-corrected chi connectivity index (χ4v) is 5.32. The highest BCUT2D eigenvalue weighted by atomic mass is 32.1. The highest BCUT2D eigenvalue weighted by molar-refractivity contribution is 7.25. The number of hydrogen-bond acceptors (Lipinski definition) is 3. The molecule has 0 amide bonds. The Bertz CT molecular complexity index is 1480. The lowest BCUT2D eigenvalue weighted by molar-refractivity contribution is 0.454. The molecule has 5 heteroatoms. The Kier molecular flexibility index (Phi) is 3.66. The molecular weight excluding hydrogens is 377 g/mol. The number of thiophene rings is 1. The first kappa shape index (κ1) is 16.7. The van der Waals surface area contributed by atoms with E-state index in [2.05, 4.69) is 77.4 Å². The summed E-state index contributed by atoms with van der Waals surface area (Å²) in [6, 6.07) is 29.7. The number of nitrogens with zero attached hydrogens (tertiary/aromatic N) is 1. The van der Waals surface area contributed by atoms with Crippen LogP contribution < -0.4 is 4.65 Å². The number of aromatic nitrogens is 1. The van der Waals surface area contributed by atoms with E-state index in [-0.39, 0.29) is 7.69 Å². The molecule has 0 saturated heterocycles. The fourth-order valence-electron chi connectivity index (χ4n) is 4.25. The Morgan fingerprint density at radius 1 is 0.690 bits per heavy atom. The van der Waals surface area contributed by atoms with Gasteiger partial charge < -0.3 is 14.2 Å². The third-order valence-corrected chi connectivity index (χ3v) is 6.65. The summed E-state index contributed by atoms with van der Waals surface area (Å²) in [5.41, 5.74) is 3.55. The number of benzene rings is 4. The van der Waals surface area contributed by atoms with Crippen LogP contribution in [0.2, 0.25) is 0 Å². The standard InChI is InChI=1S/C24H16BNO2S/c27-25-28-16-10-12-24-20(14-16)19-13-15(9-11-23(19)29-24)26-21-7-3-1-5-17(21)18-6-2-4-8-22(18)26/h1-14,25,27H. The molecule has 0 fully saturated rings. The third kappa shape index (κ3) is 2.48. The van der Waals surface area contributed by atoms with Crippen LogP contribution in [0.5, 0.6) is 5.75 Å². The molecular formula is C24H16BNO2S. The van der Waals surface area contributed by atoms with Crippen LogP contribution in [0.4, 0.5) is 0 Å². The zero-order valence-corrected chi connectivity index (χ0v) is 16.3. The molecule has 6 aromatic rings. The summed E-state index contributed by atoms with van der Waals surface area (Å²) in [5.74, 6) is 0.682. The number of fused-ring (bicyclic) bond motifs is 6. The van der Waals surface area contributed by atoms with Crippen molar-refractivity contribution in [2.75, 3.05) is 0 Å². The van der Waals surface area contributed by atoms with E-state index in [1.165, 1.54) is 36.6 Å². The van der Waals surface area contributed by atoms with E-state index < -0.39 is 0 Å². The molecule has 2 heterocycles. The zero-order chi connectivity index (χ0) is 19.4. The van der Waals surface area contributed by atoms with Crippen molar-refractivity contribution in [3.05, 3.63) is 84.9 Å². The van der Waals surface area contributed by atoms with Crippen molar-refractivity contribution in [1.82, 2.24) is 4.57 Å². The molecule has 29 heavy (non-hydrogen) atoms. The maximum Gasteiger partial charge on any atom is 0.504 e. The van der Waals surface area contributed by atoms with Crippen molar-refractivity contribution >= 4 is 61.0 Å². The van der Waals surface area contributed by atoms with E-state index in [1.807, 2.05) is 12.1 Å². The third-order valence-electron chi connectivity index (χ3n) is 5.49. The van der Waals surface area contributed by atoms with Crippen molar-refractivity contribution in [2.45, 2.75) is 0 Å². The number of rotatable bonds is 3. The van der Waals surface area contributed by atoms with Gasteiger partial charge in [-0.25, -0.2) is 0 Å². The van der Waals surface area contributed by atoms with Crippen molar-refractivity contribution in [1.29, 1.82) is 0 Å². The molecule has 0 spiro atoms. The van der Waals surface area contributed by atoms with Crippen LogP contribution in [0.25, 0.3) is 47.7 Å². The minimum Gasteiger partial charge on any atom is -0.539 e. The van der Waals surface area contributed by atoms with Crippen LogP contribution in [0.1, 0.15) is 0 Å². The van der Waals surface area contributed by atoms with Gasteiger partial charge >= 0.3 is 7.69 Å². The monoisotopic (exact) mass is 393 g/mol. The van der Waals surface area contributed by atoms with Gasteiger partial charge in [-0.05, 0) is 48.5 Å². The first-order valence-electron chi connectivity index (χ1n) is 9.52. The van der Waals surface area contributed by atoms with E-state index >= 15 is 0 Å². The molecule has 0 radical (unpaired) electrons. The molecule has 0 atom stereocenters. The lowest BCUT2D eigenvalue weighted by atomic mass is 10.1. The molecule has 0 unspecified atom stereocenters. The largest absolute Gasteiger partial charge is 0.539 e. The minimum absolute atomic E-state index is 0.319. The summed E-state index contributed by atoms with van der Waals surface area (Å²) in [4.78, 5) is 0. The van der Waals surface area contributed by atoms with E-state index in [1.54, 1.807) is 11.3 Å². The Hall–Kier alpha value is -3.28. The lowest BCUT2D eigenvalue weighted by Crippen LogP contribution is -1.99. The molecule has 1 N–H and O–H groups in total. The van der Waals surface area contributed by atoms with Gasteiger partial charge in [-0.2, -0.15) is 0 Å². The second-order valence-corrected chi connectivity index (χ2v) is 8.17. The normalized spacial score (nSPS) is 11.6. The first-order valence-corrected chi connectivity index (χ1v) is 10.3. The van der Waals surface area contributed by atoms with Gasteiger partial charge in [-0.3, -0.25) is 0 Å². The molecule has 138 valence electrons. The summed E-state index contributed by atoms with van der Waals surface area (Å²) in [6.07, 6.45) is 0. The van der Waals surface area contributed by atoms with Gasteiger partial charge in [0.05, 0.1) is 11.0 Å². The summed E-state index contributed by atoms with van der Waals surface area (Å²) < 4.78 is 10.1. The SMILES string of the molecule is OBOc1ccc2sc3ccc(-n4c5ccccc5c5ccccc54)cc3c2c1. The van der Waals surface area contributed by atoms with Gasteiger partial charge in [0.15, 0.2) is 0 Å². The van der Waals surface area contributed by atoms with E-state index in [0.717, 1.165) is 11.1 Å². The molecule has 2 aromatic heterocycles. The number of para-hydroxylation sites is 2. The second kappa shape index (κ2) is 6.37. The maximum absolute atomic E-state index is 9.10. The summed E-state index contributed by atoms with van der Waals surface area (Å²) in [5, 5.41) is 14.0. The van der Waals surface area contributed by atoms with Crippen LogP contribution in [0, 0.1) is 0 Å². The highest BCUT2D eigenvalue weighted by Crippen LogP contribution is 2.38. The van der Waals surface area contributed by atoms with Crippen LogP contribution in [-0.4, -0.2) is 17.3 Å². The Labute approximate surface area is 171 Å². The molecule has 0 aliphatic heterocycles. The van der Waals surface area contributed by atoms with Gasteiger partial charge in [0.25, 0.3) is 0 Å². The minimum atomic E-state index is -0.319. The molecule has 0 saturated carbocycles. The van der Waals surface area contributed by atoms with Crippen LogP contribution in [-0.2, 0) is 0 Å². The van der Waals surface area contributed by atoms with Gasteiger partial charge in [0, 0.05) is 36.6 Å². The maximum atomic E-state index is 9.10. The van der Waals surface area contributed by atoms with Crippen molar-refractivity contribution in [3.8, 4) is 11.4 Å². The molecule has 0 aliphatic rings. The summed E-state index contributed by atoms with van der Waals surface area (Å²) >= 11 is 1.77. The topological polar surface area (TPSA) is 34.4 Å². The molecule has 0 bridgehead atoms. The van der Waals surface area contributed by atoms with Crippen LogP contribution in [0.3, 0.4) is 0 Å². The molecule has 0 aliphatic carbocycles. The van der Waals surface area contributed by atoms with E-state index in [0.29, 0.717) is 5.75 Å². The van der Waals surface area contributed by atoms with Crippen LogP contribution in [0.15, 0.2) is 84.9 Å². The Balaban J connectivity index is 1.67. The fraction of sp³-hybridized carbons (Fsp3) is 0. The summed E-state index contributed by atoms with van der Waals surface area (Å²) in [6.45, 7) is 0. The number of hydrogen-bond donors (Lipinski definition) is 1. The Morgan fingerprint density at radius 3 is 2.00 bits per heavy atom. The van der Waals surface area contributed by atoms with Gasteiger partial charge in [-0.1, -0.05) is 36.4 Å². The lowest BCUT2D eigenvalue weighted by Gasteiger charge is -2.08. The predicted octanol–water partition coefficient (Wildman–Crippen LogP) is 5.79. The second-order valence-electron chi connectivity index (χ2n) is 7.08. The first-order chi connectivity index (χ1) is 14.3. The highest BCUT2D eigenvalue weighted by Gasteiger charge is 2.13. The summed E-state index contributed by atoms with van der Waals surface area (Å²) in [7, 11) is -0.319. The van der Waals surface area contributed by atoms with Crippen molar-refractivity contribution in [3.63, 3.8) is 0 Å². The van der Waals surface area contributed by atoms with Gasteiger partial charge in [0.1, 0.15) is 5.75 Å². The van der Waals surface area contributed by atoms with Gasteiger partial charge in [-0.15, -0.1) is 11.3 Å². The Morgan fingerprint density at radius 2 is 1.31 bits per heavy atom. The van der Waals surface area contributed by atoms with E-state index in [9.17, 15) is 0 Å². The average molecular weight is 393 g/mol. The van der Waals surface area contributed by atoms with Gasteiger partial charge in [0.2, 0.25) is 0 Å². The van der Waals surface area contributed by atoms with Crippen LogP contribution >= 0.6 is 11.3 Å². The van der Waals surface area contributed by atoms with Crippen molar-refractivity contribution < 1.29 is 9.68 Å². The average Bonchev–Trinajstić information content (AvgIpc) is 3.29.